The van der Waals surface area contributed by atoms with Crippen molar-refractivity contribution in [3.05, 3.63) is 69.8 Å². The first-order chi connectivity index (χ1) is 13.5. The molecule has 0 aromatic heterocycles. The summed E-state index contributed by atoms with van der Waals surface area (Å²) in [5, 5.41) is 14.5. The predicted molar refractivity (Wildman–Crippen MR) is 105 cm³/mol. The Hall–Kier alpha value is -2.93. The van der Waals surface area contributed by atoms with E-state index in [1.807, 2.05) is 36.1 Å². The van der Waals surface area contributed by atoms with Gasteiger partial charge in [-0.25, -0.2) is 0 Å². The fraction of sp³-hybridized carbons (Fsp3) is 0.381. The number of hydrogen-bond acceptors (Lipinski definition) is 5. The molecule has 2 heterocycles. The number of hydrogen-bond donors (Lipinski definition) is 1. The second-order valence-electron chi connectivity index (χ2n) is 7.85. The van der Waals surface area contributed by atoms with Gasteiger partial charge in [0.1, 0.15) is 11.7 Å². The lowest BCUT2D eigenvalue weighted by Gasteiger charge is -2.55. The Morgan fingerprint density at radius 1 is 1.21 bits per heavy atom. The van der Waals surface area contributed by atoms with Crippen LogP contribution in [0.15, 0.2) is 48.5 Å². The Kier molecular flexibility index (Phi) is 4.77. The number of carbonyl (C=O) groups excluding carboxylic acids is 1. The summed E-state index contributed by atoms with van der Waals surface area (Å²) in [6.45, 7) is 4.80. The molecule has 4 rings (SSSR count). The molecule has 2 aliphatic rings. The van der Waals surface area contributed by atoms with Crippen LogP contribution in [0.2, 0.25) is 0 Å². The van der Waals surface area contributed by atoms with Crippen LogP contribution in [0, 0.1) is 22.5 Å². The number of aryl methyl sites for hydroxylation is 1. The highest BCUT2D eigenvalue weighted by atomic mass is 16.6. The Labute approximate surface area is 163 Å². The summed E-state index contributed by atoms with van der Waals surface area (Å²) >= 11 is 0. The van der Waals surface area contributed by atoms with Gasteiger partial charge in [-0.3, -0.25) is 14.9 Å². The summed E-state index contributed by atoms with van der Waals surface area (Å²) in [5.41, 5.74) is 2.62. The molecule has 2 aromatic carbocycles. The van der Waals surface area contributed by atoms with Gasteiger partial charge in [0.25, 0.3) is 5.69 Å². The van der Waals surface area contributed by atoms with Crippen molar-refractivity contribution in [1.29, 1.82) is 0 Å². The van der Waals surface area contributed by atoms with E-state index in [1.54, 1.807) is 18.2 Å². The highest BCUT2D eigenvalue weighted by molar-refractivity contribution is 5.86. The number of ether oxygens (including phenoxy) is 1. The molecule has 146 valence electrons. The van der Waals surface area contributed by atoms with Crippen LogP contribution in [0.1, 0.15) is 11.1 Å². The van der Waals surface area contributed by atoms with Crippen LogP contribution in [0.4, 0.5) is 11.4 Å². The minimum Gasteiger partial charge on any atom is -0.380 e. The Bertz CT molecular complexity index is 885. The zero-order valence-corrected chi connectivity index (χ0v) is 15.8. The number of nitrogens with one attached hydrogen (secondary N) is 1. The van der Waals surface area contributed by atoms with Gasteiger partial charge in [-0.2, -0.15) is 0 Å². The van der Waals surface area contributed by atoms with Gasteiger partial charge in [0.2, 0.25) is 5.91 Å². The molecule has 28 heavy (non-hydrogen) atoms. The molecule has 7 nitrogen and oxygen atoms in total. The topological polar surface area (TPSA) is 84.7 Å². The van der Waals surface area contributed by atoms with E-state index in [9.17, 15) is 14.9 Å². The minimum absolute atomic E-state index is 0.0309. The minimum atomic E-state index is -0.567. The van der Waals surface area contributed by atoms with Crippen molar-refractivity contribution >= 4 is 17.3 Å². The molecule has 7 heteroatoms. The molecule has 2 aromatic rings. The number of amides is 1. The molecule has 0 bridgehead atoms. The van der Waals surface area contributed by atoms with Gasteiger partial charge >= 0.3 is 0 Å². The largest absolute Gasteiger partial charge is 0.380 e. The van der Waals surface area contributed by atoms with E-state index in [2.05, 4.69) is 5.32 Å². The third-order valence-corrected chi connectivity index (χ3v) is 5.47. The van der Waals surface area contributed by atoms with E-state index in [0.717, 1.165) is 11.1 Å². The lowest BCUT2D eigenvalue weighted by molar-refractivity contribution is -0.384. The van der Waals surface area contributed by atoms with E-state index in [1.165, 1.54) is 6.07 Å². The lowest BCUT2D eigenvalue weighted by Crippen LogP contribution is -2.68. The van der Waals surface area contributed by atoms with Crippen molar-refractivity contribution in [2.24, 2.45) is 5.41 Å². The smallest absolute Gasteiger partial charge is 0.292 e. The summed E-state index contributed by atoms with van der Waals surface area (Å²) < 4.78 is 5.28. The molecular weight excluding hydrogens is 358 g/mol. The fourth-order valence-electron chi connectivity index (χ4n) is 3.82. The average molecular weight is 381 g/mol. The van der Waals surface area contributed by atoms with Gasteiger partial charge in [-0.05, 0) is 18.6 Å². The molecule has 1 N–H and O–H groups in total. The van der Waals surface area contributed by atoms with Gasteiger partial charge in [-0.1, -0.05) is 42.0 Å². The number of para-hydroxylation sites is 2. The summed E-state index contributed by atoms with van der Waals surface area (Å²) in [7, 11) is 0. The molecule has 0 aliphatic carbocycles. The molecule has 1 atom stereocenters. The van der Waals surface area contributed by atoms with Gasteiger partial charge in [-0.15, -0.1) is 0 Å². The standard InChI is InChI=1S/C21H23N3O4/c1-15-6-8-16(9-7-15)10-18(20(25)23-11-21(12-23)13-28-14-21)22-17-4-2-3-5-19(17)24(26)27/h2-9,18,22H,10-14H2,1H3/t18-/m0/s1. The number of benzene rings is 2. The number of carbonyl (C=O) groups is 1. The van der Waals surface area contributed by atoms with Crippen LogP contribution in [0.3, 0.4) is 0 Å². The van der Waals surface area contributed by atoms with E-state index in [0.29, 0.717) is 38.4 Å². The number of rotatable bonds is 6. The van der Waals surface area contributed by atoms with Gasteiger partial charge in [0, 0.05) is 25.6 Å². The van der Waals surface area contributed by atoms with Crippen LogP contribution >= 0.6 is 0 Å². The average Bonchev–Trinajstić information content (AvgIpc) is 2.60. The highest BCUT2D eigenvalue weighted by Gasteiger charge is 2.51. The van der Waals surface area contributed by atoms with E-state index >= 15 is 0 Å². The van der Waals surface area contributed by atoms with Crippen molar-refractivity contribution in [3.8, 4) is 0 Å². The number of nitrogens with zero attached hydrogens (tertiary/aromatic N) is 2. The number of nitro benzene ring substituents is 1. The molecule has 1 spiro atoms. The first kappa shape index (κ1) is 18.4. The predicted octanol–water partition coefficient (Wildman–Crippen LogP) is 2.79. The molecule has 0 unspecified atom stereocenters. The molecule has 2 aliphatic heterocycles. The number of anilines is 1. The van der Waals surface area contributed by atoms with Crippen LogP contribution < -0.4 is 5.32 Å². The molecular formula is C21H23N3O4. The summed E-state index contributed by atoms with van der Waals surface area (Å²) in [6.07, 6.45) is 0.463. The lowest BCUT2D eigenvalue weighted by atomic mass is 9.77. The molecule has 1 amide bonds. The maximum atomic E-state index is 13.2. The van der Waals surface area contributed by atoms with Crippen molar-refractivity contribution in [3.63, 3.8) is 0 Å². The first-order valence-corrected chi connectivity index (χ1v) is 9.38. The molecule has 0 saturated carbocycles. The Morgan fingerprint density at radius 3 is 2.50 bits per heavy atom. The normalized spacial score (nSPS) is 18.1. The zero-order chi connectivity index (χ0) is 19.7. The van der Waals surface area contributed by atoms with Crippen molar-refractivity contribution < 1.29 is 14.5 Å². The van der Waals surface area contributed by atoms with Gasteiger partial charge in [0.15, 0.2) is 0 Å². The second-order valence-corrected chi connectivity index (χ2v) is 7.85. The Morgan fingerprint density at radius 2 is 1.89 bits per heavy atom. The zero-order valence-electron chi connectivity index (χ0n) is 15.8. The second kappa shape index (κ2) is 7.24. The van der Waals surface area contributed by atoms with Crippen LogP contribution in [-0.2, 0) is 16.0 Å². The fourth-order valence-corrected chi connectivity index (χ4v) is 3.82. The maximum absolute atomic E-state index is 13.2. The van der Waals surface area contributed by atoms with Gasteiger partial charge < -0.3 is 15.0 Å². The highest BCUT2D eigenvalue weighted by Crippen LogP contribution is 2.38. The summed E-state index contributed by atoms with van der Waals surface area (Å²) in [6, 6.07) is 13.9. The number of nitro groups is 1. The SMILES string of the molecule is Cc1ccc(C[C@H](Nc2ccccc2[N+](=O)[O-])C(=O)N2CC3(COC3)C2)cc1. The molecule has 2 fully saturated rings. The monoisotopic (exact) mass is 381 g/mol. The third-order valence-electron chi connectivity index (χ3n) is 5.47. The maximum Gasteiger partial charge on any atom is 0.292 e. The van der Waals surface area contributed by atoms with E-state index in [-0.39, 0.29) is 17.0 Å². The summed E-state index contributed by atoms with van der Waals surface area (Å²) in [4.78, 5) is 25.9. The van der Waals surface area contributed by atoms with Crippen molar-refractivity contribution in [2.45, 2.75) is 19.4 Å². The third kappa shape index (κ3) is 3.57. The Balaban J connectivity index is 1.55. The van der Waals surface area contributed by atoms with Crippen LogP contribution in [0.25, 0.3) is 0 Å². The summed E-state index contributed by atoms with van der Waals surface area (Å²) in [5.74, 6) is -0.0312. The first-order valence-electron chi connectivity index (χ1n) is 9.38. The van der Waals surface area contributed by atoms with Gasteiger partial charge in [0.05, 0.1) is 23.6 Å². The van der Waals surface area contributed by atoms with E-state index in [4.69, 9.17) is 4.74 Å². The number of likely N-dealkylation sites (tertiary alicyclic amines) is 1. The van der Waals surface area contributed by atoms with Crippen molar-refractivity contribution in [2.75, 3.05) is 31.6 Å². The quantitative estimate of drug-likeness (QED) is 0.614. The van der Waals surface area contributed by atoms with E-state index < -0.39 is 11.0 Å². The van der Waals surface area contributed by atoms with Crippen molar-refractivity contribution in [1.82, 2.24) is 4.90 Å². The van der Waals surface area contributed by atoms with Crippen LogP contribution in [0.5, 0.6) is 0 Å². The van der Waals surface area contributed by atoms with Crippen LogP contribution in [-0.4, -0.2) is 48.1 Å². The molecule has 0 radical (unpaired) electrons. The molecule has 2 saturated heterocycles.